The van der Waals surface area contributed by atoms with Crippen LogP contribution in [0.3, 0.4) is 0 Å². The molecule has 0 bridgehead atoms. The Kier molecular flexibility index (Phi) is 7.13. The third-order valence-corrected chi connectivity index (χ3v) is 6.11. The van der Waals surface area contributed by atoms with Crippen molar-refractivity contribution in [3.8, 4) is 6.19 Å². The molecule has 0 spiro atoms. The maximum atomic E-state index is 12.9. The highest BCUT2D eigenvalue weighted by atomic mass is 16.2. The molecule has 9 heteroatoms. The van der Waals surface area contributed by atoms with Gasteiger partial charge in [-0.2, -0.15) is 5.26 Å². The monoisotopic (exact) mass is 426 g/mol. The smallest absolute Gasteiger partial charge is 0.321 e. The molecule has 1 aliphatic carbocycles. The number of rotatable bonds is 4. The van der Waals surface area contributed by atoms with Crippen LogP contribution >= 0.6 is 0 Å². The summed E-state index contributed by atoms with van der Waals surface area (Å²) in [6, 6.07) is 6.46. The van der Waals surface area contributed by atoms with Gasteiger partial charge in [0, 0.05) is 44.5 Å². The van der Waals surface area contributed by atoms with Gasteiger partial charge in [-0.15, -0.1) is 0 Å². The second-order valence-electron chi connectivity index (χ2n) is 8.36. The Morgan fingerprint density at radius 3 is 2.23 bits per heavy atom. The average molecular weight is 427 g/mol. The van der Waals surface area contributed by atoms with Crippen LogP contribution in [0.15, 0.2) is 24.3 Å². The predicted octanol–water partition coefficient (Wildman–Crippen LogP) is 1.84. The lowest BCUT2D eigenvalue weighted by Crippen LogP contribution is -2.59. The Labute approximate surface area is 183 Å². The molecule has 1 saturated carbocycles. The highest BCUT2D eigenvalue weighted by Gasteiger charge is 2.42. The lowest BCUT2D eigenvalue weighted by Gasteiger charge is -2.37. The molecule has 4 amide bonds. The van der Waals surface area contributed by atoms with Crippen LogP contribution in [-0.4, -0.2) is 78.4 Å². The Hall–Kier alpha value is -3.12. The number of amides is 4. The largest absolute Gasteiger partial charge is 0.338 e. The number of likely N-dealkylation sites (N-methyl/N-ethyl adjacent to an activating group) is 2. The number of carbonyl (C=O) groups excluding carboxylic acids is 3. The van der Waals surface area contributed by atoms with Crippen molar-refractivity contribution in [2.75, 3.05) is 45.6 Å². The first-order valence-electron chi connectivity index (χ1n) is 10.7. The summed E-state index contributed by atoms with van der Waals surface area (Å²) in [4.78, 5) is 43.0. The Morgan fingerprint density at radius 1 is 1.03 bits per heavy atom. The molecular weight excluding hydrogens is 396 g/mol. The van der Waals surface area contributed by atoms with Gasteiger partial charge < -0.3 is 20.4 Å². The van der Waals surface area contributed by atoms with E-state index in [4.69, 9.17) is 5.26 Å². The number of nitrogens with one attached hydrogen (secondary N) is 2. The first kappa shape index (κ1) is 22.6. The van der Waals surface area contributed by atoms with Gasteiger partial charge in [-0.05, 0) is 44.2 Å². The van der Waals surface area contributed by atoms with Crippen LogP contribution in [0.25, 0.3) is 0 Å². The molecule has 9 nitrogen and oxygen atoms in total. The second kappa shape index (κ2) is 9.79. The summed E-state index contributed by atoms with van der Waals surface area (Å²) in [5, 5.41) is 14.9. The van der Waals surface area contributed by atoms with E-state index in [1.807, 2.05) is 13.2 Å². The van der Waals surface area contributed by atoms with Crippen molar-refractivity contribution in [1.29, 1.82) is 5.26 Å². The molecule has 2 N–H and O–H groups in total. The van der Waals surface area contributed by atoms with Gasteiger partial charge in [-0.25, -0.2) is 4.79 Å². The number of nitriles is 1. The number of hydrogen-bond donors (Lipinski definition) is 2. The number of piperazine rings is 1. The molecule has 2 fully saturated rings. The first-order valence-corrected chi connectivity index (χ1v) is 10.7. The van der Waals surface area contributed by atoms with Crippen LogP contribution in [0, 0.1) is 11.5 Å². The van der Waals surface area contributed by atoms with E-state index >= 15 is 0 Å². The van der Waals surface area contributed by atoms with Crippen LogP contribution in [-0.2, 0) is 4.79 Å². The molecule has 0 radical (unpaired) electrons. The fourth-order valence-electron chi connectivity index (χ4n) is 4.12. The minimum atomic E-state index is -1.05. The van der Waals surface area contributed by atoms with Gasteiger partial charge >= 0.3 is 6.03 Å². The van der Waals surface area contributed by atoms with Gasteiger partial charge in [0.1, 0.15) is 5.54 Å². The van der Waals surface area contributed by atoms with E-state index in [9.17, 15) is 14.4 Å². The van der Waals surface area contributed by atoms with E-state index < -0.39 is 5.54 Å². The number of urea groups is 1. The molecule has 0 unspecified atom stereocenters. The summed E-state index contributed by atoms with van der Waals surface area (Å²) in [5.41, 5.74) is -0.0446. The zero-order valence-electron chi connectivity index (χ0n) is 18.2. The van der Waals surface area contributed by atoms with Crippen LogP contribution in [0.4, 0.5) is 10.5 Å². The maximum absolute atomic E-state index is 12.9. The quantitative estimate of drug-likeness (QED) is 0.564. The fraction of sp³-hybridized carbons (Fsp3) is 0.545. The Morgan fingerprint density at radius 2 is 1.65 bits per heavy atom. The summed E-state index contributed by atoms with van der Waals surface area (Å²) in [6.45, 7) is 3.04. The van der Waals surface area contributed by atoms with E-state index in [2.05, 4.69) is 15.5 Å². The average Bonchev–Trinajstić information content (AvgIpc) is 2.79. The van der Waals surface area contributed by atoms with Crippen molar-refractivity contribution in [2.45, 2.75) is 37.6 Å². The normalized spacial score (nSPS) is 18.5. The van der Waals surface area contributed by atoms with E-state index in [-0.39, 0.29) is 17.8 Å². The van der Waals surface area contributed by atoms with Gasteiger partial charge in [0.15, 0.2) is 6.19 Å². The van der Waals surface area contributed by atoms with Gasteiger partial charge in [0.2, 0.25) is 0 Å². The highest BCUT2D eigenvalue weighted by Crippen LogP contribution is 2.30. The second-order valence-corrected chi connectivity index (χ2v) is 8.36. The number of hydrogen-bond acceptors (Lipinski definition) is 5. The van der Waals surface area contributed by atoms with Crippen LogP contribution in [0.2, 0.25) is 0 Å². The van der Waals surface area contributed by atoms with Gasteiger partial charge in [0.05, 0.1) is 0 Å². The zero-order chi connectivity index (χ0) is 22.4. The molecule has 1 aromatic carbocycles. The number of carbonyl (C=O) groups is 3. The minimum Gasteiger partial charge on any atom is -0.338 e. The van der Waals surface area contributed by atoms with Crippen molar-refractivity contribution in [3.63, 3.8) is 0 Å². The summed E-state index contributed by atoms with van der Waals surface area (Å²) in [5.74, 6) is -0.738. The third-order valence-electron chi connectivity index (χ3n) is 6.11. The summed E-state index contributed by atoms with van der Waals surface area (Å²) < 4.78 is 0. The Bertz CT molecular complexity index is 849. The molecule has 1 aliphatic heterocycles. The molecule has 0 atom stereocenters. The number of anilines is 1. The standard InChI is InChI=1S/C22H30N6O3/c1-26-12-14-28(15-13-26)21(31)24-18-8-6-17(7-9-18)19(29)25-22(10-4-3-5-11-22)20(30)27(2)16-23/h6-9H,3-5,10-15H2,1-2H3,(H,24,31)(H,25,29). The Balaban J connectivity index is 1.64. The van der Waals surface area contributed by atoms with Gasteiger partial charge in [-0.3, -0.25) is 14.5 Å². The van der Waals surface area contributed by atoms with Crippen LogP contribution < -0.4 is 10.6 Å². The predicted molar refractivity (Wildman–Crippen MR) is 116 cm³/mol. The van der Waals surface area contributed by atoms with Crippen molar-refractivity contribution < 1.29 is 14.4 Å². The molecular formula is C22H30N6O3. The molecule has 0 aromatic heterocycles. The van der Waals surface area contributed by atoms with Crippen LogP contribution in [0.5, 0.6) is 0 Å². The molecule has 1 aromatic rings. The van der Waals surface area contributed by atoms with E-state index in [1.54, 1.807) is 29.2 Å². The van der Waals surface area contributed by atoms with Crippen LogP contribution in [0.1, 0.15) is 42.5 Å². The third kappa shape index (κ3) is 5.33. The first-order chi connectivity index (χ1) is 14.8. The molecule has 1 heterocycles. The van der Waals surface area contributed by atoms with E-state index in [0.717, 1.165) is 37.3 Å². The van der Waals surface area contributed by atoms with Crippen molar-refractivity contribution in [3.05, 3.63) is 29.8 Å². The van der Waals surface area contributed by atoms with Gasteiger partial charge in [0.25, 0.3) is 11.8 Å². The lowest BCUT2D eigenvalue weighted by atomic mass is 9.80. The number of benzene rings is 1. The van der Waals surface area contributed by atoms with E-state index in [1.165, 1.54) is 7.05 Å². The molecule has 3 rings (SSSR count). The lowest BCUT2D eigenvalue weighted by molar-refractivity contribution is -0.135. The van der Waals surface area contributed by atoms with Crippen molar-refractivity contribution >= 4 is 23.5 Å². The fourth-order valence-corrected chi connectivity index (χ4v) is 4.12. The van der Waals surface area contributed by atoms with Gasteiger partial charge in [-0.1, -0.05) is 19.3 Å². The molecule has 31 heavy (non-hydrogen) atoms. The van der Waals surface area contributed by atoms with Crippen molar-refractivity contribution in [2.24, 2.45) is 0 Å². The zero-order valence-corrected chi connectivity index (χ0v) is 18.2. The molecule has 1 saturated heterocycles. The maximum Gasteiger partial charge on any atom is 0.321 e. The van der Waals surface area contributed by atoms with E-state index in [0.29, 0.717) is 37.2 Å². The topological polar surface area (TPSA) is 109 Å². The summed E-state index contributed by atoms with van der Waals surface area (Å²) in [7, 11) is 3.45. The van der Waals surface area contributed by atoms with Crippen molar-refractivity contribution in [1.82, 2.24) is 20.0 Å². The molecule has 2 aliphatic rings. The SMILES string of the molecule is CN1CCN(C(=O)Nc2ccc(C(=O)NC3(C(=O)N(C)C#N)CCCCC3)cc2)CC1. The summed E-state index contributed by atoms with van der Waals surface area (Å²) >= 11 is 0. The minimum absolute atomic E-state index is 0.156. The summed E-state index contributed by atoms with van der Waals surface area (Å²) in [6.07, 6.45) is 5.52. The highest BCUT2D eigenvalue weighted by molar-refractivity contribution is 6.00. The number of nitrogens with zero attached hydrogens (tertiary/aromatic N) is 4. The molecule has 166 valence electrons.